The summed E-state index contributed by atoms with van der Waals surface area (Å²) in [4.78, 5) is 16.9. The number of nitrogens with one attached hydrogen (secondary N) is 1. The average molecular weight is 310 g/mol. The van der Waals surface area contributed by atoms with Crippen LogP contribution in [0.5, 0.6) is 0 Å². The van der Waals surface area contributed by atoms with Crippen LogP contribution in [0.1, 0.15) is 16.1 Å². The zero-order valence-corrected chi connectivity index (χ0v) is 11.7. The van der Waals surface area contributed by atoms with Crippen LogP contribution < -0.4 is 5.32 Å². The van der Waals surface area contributed by atoms with Crippen molar-refractivity contribution in [3.05, 3.63) is 58.1 Å². The molecule has 1 amide bonds. The van der Waals surface area contributed by atoms with E-state index in [2.05, 4.69) is 10.3 Å². The number of halogens is 2. The molecule has 0 aliphatic rings. The van der Waals surface area contributed by atoms with Crippen LogP contribution in [0.25, 0.3) is 4.96 Å². The fraction of sp³-hybridized carbons (Fsp3) is 0.0769. The number of aromatic nitrogens is 2. The molecule has 0 fully saturated rings. The summed E-state index contributed by atoms with van der Waals surface area (Å²) in [5.41, 5.74) is 0.563. The van der Waals surface area contributed by atoms with Gasteiger partial charge in [0.1, 0.15) is 11.5 Å². The molecule has 0 atom stereocenters. The highest BCUT2D eigenvalue weighted by atomic mass is 35.5. The third-order valence-electron chi connectivity index (χ3n) is 2.81. The zero-order chi connectivity index (χ0) is 14.1. The van der Waals surface area contributed by atoms with Crippen LogP contribution >= 0.6 is 22.9 Å². The van der Waals surface area contributed by atoms with E-state index in [1.807, 2.05) is 11.6 Å². The molecule has 102 valence electrons. The molecular weight excluding hydrogens is 301 g/mol. The van der Waals surface area contributed by atoms with E-state index in [1.165, 1.54) is 23.5 Å². The lowest BCUT2D eigenvalue weighted by molar-refractivity contribution is 0.0946. The third kappa shape index (κ3) is 2.39. The minimum absolute atomic E-state index is 0.0233. The lowest BCUT2D eigenvalue weighted by Gasteiger charge is -2.06. The van der Waals surface area contributed by atoms with Crippen molar-refractivity contribution in [2.24, 2.45) is 0 Å². The van der Waals surface area contributed by atoms with Crippen LogP contribution in [0.3, 0.4) is 0 Å². The molecule has 4 nitrogen and oxygen atoms in total. The molecule has 0 unspecified atom stereocenters. The van der Waals surface area contributed by atoms with Gasteiger partial charge in [-0.2, -0.15) is 0 Å². The van der Waals surface area contributed by atoms with Crippen LogP contribution in [0.2, 0.25) is 5.02 Å². The normalized spacial score (nSPS) is 10.9. The van der Waals surface area contributed by atoms with E-state index in [-0.39, 0.29) is 23.0 Å². The molecule has 0 aliphatic carbocycles. The Morgan fingerprint density at radius 1 is 1.50 bits per heavy atom. The zero-order valence-electron chi connectivity index (χ0n) is 10.1. The van der Waals surface area contributed by atoms with Crippen molar-refractivity contribution in [1.82, 2.24) is 14.7 Å². The smallest absolute Gasteiger partial charge is 0.271 e. The fourth-order valence-electron chi connectivity index (χ4n) is 1.80. The summed E-state index contributed by atoms with van der Waals surface area (Å²) in [6, 6.07) is 4.41. The second-order valence-corrected chi connectivity index (χ2v) is 5.38. The van der Waals surface area contributed by atoms with Gasteiger partial charge in [0.2, 0.25) is 0 Å². The third-order valence-corrected chi connectivity index (χ3v) is 3.94. The van der Waals surface area contributed by atoms with Gasteiger partial charge in [-0.15, -0.1) is 11.3 Å². The number of benzene rings is 1. The van der Waals surface area contributed by atoms with Gasteiger partial charge < -0.3 is 5.32 Å². The van der Waals surface area contributed by atoms with Crippen molar-refractivity contribution in [2.45, 2.75) is 6.54 Å². The van der Waals surface area contributed by atoms with Gasteiger partial charge in [-0.25, -0.2) is 9.37 Å². The predicted molar refractivity (Wildman–Crippen MR) is 75.6 cm³/mol. The van der Waals surface area contributed by atoms with Gasteiger partial charge in [0.15, 0.2) is 4.96 Å². The molecule has 7 heteroatoms. The summed E-state index contributed by atoms with van der Waals surface area (Å²) in [6.07, 6.45) is 3.45. The van der Waals surface area contributed by atoms with Gasteiger partial charge in [0.05, 0.1) is 0 Å². The number of amides is 1. The van der Waals surface area contributed by atoms with E-state index < -0.39 is 5.82 Å². The number of hydrogen-bond donors (Lipinski definition) is 1. The Morgan fingerprint density at radius 2 is 2.35 bits per heavy atom. The van der Waals surface area contributed by atoms with Crippen LogP contribution in [0.4, 0.5) is 4.39 Å². The van der Waals surface area contributed by atoms with Crippen molar-refractivity contribution < 1.29 is 9.18 Å². The van der Waals surface area contributed by atoms with E-state index in [0.717, 1.165) is 4.96 Å². The Kier molecular flexibility index (Phi) is 3.42. The summed E-state index contributed by atoms with van der Waals surface area (Å²) < 4.78 is 15.3. The number of carbonyl (C=O) groups is 1. The lowest BCUT2D eigenvalue weighted by Crippen LogP contribution is -2.23. The number of thiazole rings is 1. The molecule has 2 heterocycles. The van der Waals surface area contributed by atoms with Gasteiger partial charge in [-0.1, -0.05) is 17.7 Å². The minimum Gasteiger partial charge on any atom is -0.346 e. The molecule has 3 aromatic rings. The number of nitrogens with zero attached hydrogens (tertiary/aromatic N) is 2. The molecule has 0 saturated heterocycles. The topological polar surface area (TPSA) is 46.4 Å². The Labute approximate surface area is 122 Å². The first-order valence-corrected chi connectivity index (χ1v) is 7.04. The van der Waals surface area contributed by atoms with Gasteiger partial charge in [-0.05, 0) is 12.1 Å². The SMILES string of the molecule is O=C(NCc1c(F)cccc1Cl)c1cn2ccsc2n1. The summed E-state index contributed by atoms with van der Waals surface area (Å²) in [7, 11) is 0. The first-order chi connectivity index (χ1) is 9.65. The lowest BCUT2D eigenvalue weighted by atomic mass is 10.2. The maximum absolute atomic E-state index is 13.6. The Balaban J connectivity index is 1.75. The second-order valence-electron chi connectivity index (χ2n) is 4.10. The van der Waals surface area contributed by atoms with Crippen molar-refractivity contribution in [3.8, 4) is 0 Å². The number of hydrogen-bond acceptors (Lipinski definition) is 3. The van der Waals surface area contributed by atoms with Gasteiger partial charge in [-0.3, -0.25) is 9.20 Å². The highest BCUT2D eigenvalue weighted by Gasteiger charge is 2.13. The molecule has 0 spiro atoms. The number of carbonyl (C=O) groups excluding carboxylic acids is 1. The van der Waals surface area contributed by atoms with E-state index in [1.54, 1.807) is 16.7 Å². The van der Waals surface area contributed by atoms with E-state index in [9.17, 15) is 9.18 Å². The molecule has 0 aliphatic heterocycles. The van der Waals surface area contributed by atoms with Crippen molar-refractivity contribution in [2.75, 3.05) is 0 Å². The van der Waals surface area contributed by atoms with E-state index in [4.69, 9.17) is 11.6 Å². The largest absolute Gasteiger partial charge is 0.346 e. The number of imidazole rings is 1. The van der Waals surface area contributed by atoms with Gasteiger partial charge in [0, 0.05) is 34.9 Å². The average Bonchev–Trinajstić information content (AvgIpc) is 2.98. The predicted octanol–water partition coefficient (Wildman–Crippen LogP) is 3.12. The highest BCUT2D eigenvalue weighted by Crippen LogP contribution is 2.18. The van der Waals surface area contributed by atoms with Gasteiger partial charge in [0.25, 0.3) is 5.91 Å². The summed E-state index contributed by atoms with van der Waals surface area (Å²) in [5, 5.41) is 4.78. The Hall–Kier alpha value is -1.92. The quantitative estimate of drug-likeness (QED) is 0.808. The molecule has 1 N–H and O–H groups in total. The van der Waals surface area contributed by atoms with Crippen molar-refractivity contribution in [3.63, 3.8) is 0 Å². The number of rotatable bonds is 3. The first-order valence-electron chi connectivity index (χ1n) is 5.78. The van der Waals surface area contributed by atoms with Crippen LogP contribution in [0, 0.1) is 5.82 Å². The molecule has 1 aromatic carbocycles. The first kappa shape index (κ1) is 13.1. The molecular formula is C13H9ClFN3OS. The fourth-order valence-corrected chi connectivity index (χ4v) is 2.73. The summed E-state index contributed by atoms with van der Waals surface area (Å²) in [6.45, 7) is 0.0233. The molecule has 20 heavy (non-hydrogen) atoms. The molecule has 2 aromatic heterocycles. The molecule has 0 saturated carbocycles. The Bertz CT molecular complexity index is 734. The second kappa shape index (κ2) is 5.22. The maximum atomic E-state index is 13.6. The van der Waals surface area contributed by atoms with Crippen molar-refractivity contribution >= 4 is 33.8 Å². The maximum Gasteiger partial charge on any atom is 0.271 e. The summed E-state index contributed by atoms with van der Waals surface area (Å²) >= 11 is 7.33. The highest BCUT2D eigenvalue weighted by molar-refractivity contribution is 7.15. The standard InChI is InChI=1S/C13H9ClFN3OS/c14-9-2-1-3-10(15)8(9)6-16-12(19)11-7-18-4-5-20-13(18)17-11/h1-5,7H,6H2,(H,16,19). The monoisotopic (exact) mass is 309 g/mol. The molecule has 0 radical (unpaired) electrons. The van der Waals surface area contributed by atoms with Crippen LogP contribution in [0.15, 0.2) is 36.0 Å². The van der Waals surface area contributed by atoms with Crippen LogP contribution in [-0.4, -0.2) is 15.3 Å². The Morgan fingerprint density at radius 3 is 3.10 bits per heavy atom. The van der Waals surface area contributed by atoms with Crippen molar-refractivity contribution in [1.29, 1.82) is 0 Å². The number of fused-ring (bicyclic) bond motifs is 1. The van der Waals surface area contributed by atoms with Crippen LogP contribution in [-0.2, 0) is 6.54 Å². The van der Waals surface area contributed by atoms with E-state index in [0.29, 0.717) is 5.69 Å². The molecule has 0 bridgehead atoms. The molecule has 3 rings (SSSR count). The minimum atomic E-state index is -0.441. The summed E-state index contributed by atoms with van der Waals surface area (Å²) in [5.74, 6) is -0.802. The van der Waals surface area contributed by atoms with Gasteiger partial charge >= 0.3 is 0 Å². The van der Waals surface area contributed by atoms with E-state index >= 15 is 0 Å².